The van der Waals surface area contributed by atoms with E-state index >= 15 is 0 Å². The summed E-state index contributed by atoms with van der Waals surface area (Å²) >= 11 is 7.00. The van der Waals surface area contributed by atoms with Crippen molar-refractivity contribution in [2.24, 2.45) is 0 Å². The number of anilines is 1. The molecule has 1 N–H and O–H groups in total. The molecule has 0 atom stereocenters. The van der Waals surface area contributed by atoms with Gasteiger partial charge in [-0.2, -0.15) is 0 Å². The summed E-state index contributed by atoms with van der Waals surface area (Å²) < 4.78 is 10.3. The smallest absolute Gasteiger partial charge is 0.261 e. The Balaban J connectivity index is 2.23. The molecule has 2 rings (SSSR count). The number of carbonyl (C=O) groups is 1. The highest BCUT2D eigenvalue weighted by Crippen LogP contribution is 2.25. The number of benzene rings is 1. The third kappa shape index (κ3) is 3.20. The highest BCUT2D eigenvalue weighted by Gasteiger charge is 2.15. The van der Waals surface area contributed by atoms with Gasteiger partial charge < -0.3 is 9.47 Å². The van der Waals surface area contributed by atoms with Gasteiger partial charge in [0, 0.05) is 5.38 Å². The van der Waals surface area contributed by atoms with E-state index in [0.717, 1.165) is 5.69 Å². The summed E-state index contributed by atoms with van der Waals surface area (Å²) in [5.74, 6) is 1.06. The van der Waals surface area contributed by atoms with Gasteiger partial charge in [0.2, 0.25) is 0 Å². The van der Waals surface area contributed by atoms with Crippen molar-refractivity contribution in [3.8, 4) is 11.5 Å². The Hall–Kier alpha value is -1.79. The molecule has 0 aliphatic rings. The molecule has 2 aromatic rings. The molecule has 0 saturated heterocycles. The molecule has 20 heavy (non-hydrogen) atoms. The zero-order valence-corrected chi connectivity index (χ0v) is 12.5. The third-order valence-electron chi connectivity index (χ3n) is 2.56. The number of alkyl halides is 1. The normalized spacial score (nSPS) is 10.2. The number of carbonyl (C=O) groups excluding carboxylic acids is 1. The van der Waals surface area contributed by atoms with E-state index in [1.54, 1.807) is 23.6 Å². The number of nitrogens with one attached hydrogen (secondary N) is 1. The molecule has 5 nitrogen and oxygen atoms in total. The Bertz CT molecular complexity index is 615. The Labute approximate surface area is 125 Å². The fourth-order valence-electron chi connectivity index (χ4n) is 1.58. The molecule has 0 radical (unpaired) electrons. The minimum absolute atomic E-state index is 0.309. The molecule has 0 saturated carbocycles. The van der Waals surface area contributed by atoms with Crippen molar-refractivity contribution < 1.29 is 14.3 Å². The molecule has 7 heteroatoms. The fourth-order valence-corrected chi connectivity index (χ4v) is 2.52. The summed E-state index contributed by atoms with van der Waals surface area (Å²) in [5.41, 5.74) is 1.11. The van der Waals surface area contributed by atoms with Crippen molar-refractivity contribution in [1.29, 1.82) is 0 Å². The van der Waals surface area contributed by atoms with Crippen LogP contribution >= 0.6 is 22.9 Å². The minimum Gasteiger partial charge on any atom is -0.497 e. The lowest BCUT2D eigenvalue weighted by Gasteiger charge is -2.09. The summed E-state index contributed by atoms with van der Waals surface area (Å²) in [5, 5.41) is 5.01. The second kappa shape index (κ2) is 6.58. The van der Waals surface area contributed by atoms with Crippen LogP contribution in [0.5, 0.6) is 11.5 Å². The van der Waals surface area contributed by atoms with E-state index in [1.165, 1.54) is 25.6 Å². The van der Waals surface area contributed by atoms with Gasteiger partial charge in [-0.25, -0.2) is 4.98 Å². The molecule has 0 bridgehead atoms. The van der Waals surface area contributed by atoms with Crippen LogP contribution in [0, 0.1) is 0 Å². The van der Waals surface area contributed by atoms with E-state index in [9.17, 15) is 4.79 Å². The highest BCUT2D eigenvalue weighted by molar-refractivity contribution is 7.14. The SMILES string of the molecule is COc1ccc(OC)c(C(=O)Nc2nc(CCl)cs2)c1. The maximum absolute atomic E-state index is 12.2. The van der Waals surface area contributed by atoms with E-state index < -0.39 is 0 Å². The van der Waals surface area contributed by atoms with Crippen LogP contribution in [0.4, 0.5) is 5.13 Å². The number of amides is 1. The van der Waals surface area contributed by atoms with Gasteiger partial charge in [0.05, 0.1) is 31.4 Å². The number of aromatic nitrogens is 1. The van der Waals surface area contributed by atoms with Crippen LogP contribution in [0.1, 0.15) is 16.1 Å². The van der Waals surface area contributed by atoms with Gasteiger partial charge in [-0.1, -0.05) is 0 Å². The number of hydrogen-bond donors (Lipinski definition) is 1. The highest BCUT2D eigenvalue weighted by atomic mass is 35.5. The number of thiazole rings is 1. The first-order valence-corrected chi connectivity index (χ1v) is 7.13. The summed E-state index contributed by atoms with van der Waals surface area (Å²) in [6.45, 7) is 0. The van der Waals surface area contributed by atoms with Crippen LogP contribution in [0.15, 0.2) is 23.6 Å². The molecule has 0 fully saturated rings. The number of nitrogens with zero attached hydrogens (tertiary/aromatic N) is 1. The largest absolute Gasteiger partial charge is 0.497 e. The van der Waals surface area contributed by atoms with E-state index in [2.05, 4.69) is 10.3 Å². The first kappa shape index (κ1) is 14.6. The average Bonchev–Trinajstić information content (AvgIpc) is 2.94. The van der Waals surface area contributed by atoms with Crippen molar-refractivity contribution in [2.75, 3.05) is 19.5 Å². The monoisotopic (exact) mass is 312 g/mol. The van der Waals surface area contributed by atoms with Gasteiger partial charge in [-0.05, 0) is 18.2 Å². The van der Waals surface area contributed by atoms with Gasteiger partial charge in [0.1, 0.15) is 11.5 Å². The average molecular weight is 313 g/mol. The van der Waals surface area contributed by atoms with Crippen LogP contribution in [0.3, 0.4) is 0 Å². The second-order valence-corrected chi connectivity index (χ2v) is 4.92. The molecule has 0 aliphatic carbocycles. The molecule has 0 spiro atoms. The van der Waals surface area contributed by atoms with Crippen molar-refractivity contribution in [1.82, 2.24) is 4.98 Å². The number of methoxy groups -OCH3 is 2. The predicted octanol–water partition coefficient (Wildman–Crippen LogP) is 3.15. The summed E-state index contributed by atoms with van der Waals surface area (Å²) in [4.78, 5) is 16.4. The second-order valence-electron chi connectivity index (χ2n) is 3.80. The molecule has 106 valence electrons. The number of hydrogen-bond acceptors (Lipinski definition) is 5. The molecule has 1 amide bonds. The summed E-state index contributed by atoms with van der Waals surface area (Å²) in [7, 11) is 3.05. The lowest BCUT2D eigenvalue weighted by atomic mass is 10.2. The zero-order chi connectivity index (χ0) is 14.5. The van der Waals surface area contributed by atoms with Gasteiger partial charge in [0.15, 0.2) is 5.13 Å². The van der Waals surface area contributed by atoms with Crippen LogP contribution in [0.25, 0.3) is 0 Å². The number of halogens is 1. The maximum atomic E-state index is 12.2. The zero-order valence-electron chi connectivity index (χ0n) is 11.0. The quantitative estimate of drug-likeness (QED) is 0.862. The minimum atomic E-state index is -0.309. The Kier molecular flexibility index (Phi) is 4.81. The van der Waals surface area contributed by atoms with Crippen LogP contribution in [-0.2, 0) is 5.88 Å². The maximum Gasteiger partial charge on any atom is 0.261 e. The summed E-state index contributed by atoms with van der Waals surface area (Å²) in [6.07, 6.45) is 0. The molecule has 0 unspecified atom stereocenters. The number of ether oxygens (including phenoxy) is 2. The molecule has 1 aromatic carbocycles. The van der Waals surface area contributed by atoms with Crippen molar-refractivity contribution in [3.05, 3.63) is 34.8 Å². The van der Waals surface area contributed by atoms with Gasteiger partial charge in [0.25, 0.3) is 5.91 Å². The molecular weight excluding hydrogens is 300 g/mol. The fraction of sp³-hybridized carbons (Fsp3) is 0.231. The molecule has 1 aromatic heterocycles. The Morgan fingerprint density at radius 1 is 1.40 bits per heavy atom. The van der Waals surface area contributed by atoms with Crippen LogP contribution in [0.2, 0.25) is 0 Å². The van der Waals surface area contributed by atoms with Crippen molar-refractivity contribution in [3.63, 3.8) is 0 Å². The van der Waals surface area contributed by atoms with Gasteiger partial charge in [-0.3, -0.25) is 10.1 Å². The summed E-state index contributed by atoms with van der Waals surface area (Å²) in [6, 6.07) is 5.02. The lowest BCUT2D eigenvalue weighted by Crippen LogP contribution is -2.13. The molecular formula is C13H13ClN2O3S. The van der Waals surface area contributed by atoms with Crippen molar-refractivity contribution >= 4 is 34.0 Å². The van der Waals surface area contributed by atoms with E-state index in [4.69, 9.17) is 21.1 Å². The van der Waals surface area contributed by atoms with Crippen LogP contribution in [-0.4, -0.2) is 25.1 Å². The van der Waals surface area contributed by atoms with Gasteiger partial charge >= 0.3 is 0 Å². The van der Waals surface area contributed by atoms with Crippen molar-refractivity contribution in [2.45, 2.75) is 5.88 Å². The number of rotatable bonds is 5. The van der Waals surface area contributed by atoms with Crippen LogP contribution < -0.4 is 14.8 Å². The van der Waals surface area contributed by atoms with Gasteiger partial charge in [-0.15, -0.1) is 22.9 Å². The Morgan fingerprint density at radius 3 is 2.80 bits per heavy atom. The predicted molar refractivity (Wildman–Crippen MR) is 79.2 cm³/mol. The molecule has 1 heterocycles. The van der Waals surface area contributed by atoms with E-state index in [-0.39, 0.29) is 5.91 Å². The standard InChI is InChI=1S/C13H13ClN2O3S/c1-18-9-3-4-11(19-2)10(5-9)12(17)16-13-15-8(6-14)7-20-13/h3-5,7H,6H2,1-2H3,(H,15,16,17). The topological polar surface area (TPSA) is 60.5 Å². The third-order valence-corrected chi connectivity index (χ3v) is 3.64. The first-order chi connectivity index (χ1) is 9.67. The van der Waals surface area contributed by atoms with E-state index in [0.29, 0.717) is 28.1 Å². The van der Waals surface area contributed by atoms with E-state index in [1.807, 2.05) is 0 Å². The first-order valence-electron chi connectivity index (χ1n) is 5.71. The Morgan fingerprint density at radius 2 is 2.20 bits per heavy atom. The molecule has 0 aliphatic heterocycles. The lowest BCUT2D eigenvalue weighted by molar-refractivity contribution is 0.102.